The molecule has 1 heterocycles. The van der Waals surface area contributed by atoms with Crippen molar-refractivity contribution in [3.05, 3.63) is 58.1 Å². The molecular weight excluding hydrogens is 280 g/mol. The lowest BCUT2D eigenvalue weighted by Gasteiger charge is -2.20. The van der Waals surface area contributed by atoms with Crippen molar-refractivity contribution in [2.24, 2.45) is 0 Å². The molecule has 0 spiro atoms. The summed E-state index contributed by atoms with van der Waals surface area (Å²) in [6, 6.07) is 10.1. The Kier molecular flexibility index (Phi) is 5.69. The second kappa shape index (κ2) is 7.74. The van der Waals surface area contributed by atoms with Crippen molar-refractivity contribution in [3.8, 4) is 0 Å². The molecule has 2 rings (SSSR count). The van der Waals surface area contributed by atoms with Gasteiger partial charge in [-0.3, -0.25) is 4.79 Å². The molecule has 21 heavy (non-hydrogen) atoms. The third kappa shape index (κ3) is 4.83. The lowest BCUT2D eigenvalue weighted by atomic mass is 10.2. The Hall–Kier alpha value is -1.94. The van der Waals surface area contributed by atoms with Crippen LogP contribution in [-0.2, 0) is 11.3 Å². The third-order valence-corrected chi connectivity index (χ3v) is 3.85. The van der Waals surface area contributed by atoms with Crippen molar-refractivity contribution in [2.45, 2.75) is 26.8 Å². The highest BCUT2D eigenvalue weighted by molar-refractivity contribution is 7.09. The summed E-state index contributed by atoms with van der Waals surface area (Å²) in [4.78, 5) is 18.5. The molecular formula is C17H20N2OS. The summed E-state index contributed by atoms with van der Waals surface area (Å²) in [6.07, 6.45) is 4.36. The number of aromatic nitrogens is 1. The fraction of sp³-hybridized carbons (Fsp3) is 0.294. The van der Waals surface area contributed by atoms with Crippen molar-refractivity contribution in [3.63, 3.8) is 0 Å². The molecule has 0 saturated heterocycles. The molecule has 4 heteroatoms. The molecule has 1 amide bonds. The van der Waals surface area contributed by atoms with Crippen LogP contribution in [0.5, 0.6) is 0 Å². The second-order valence-electron chi connectivity index (χ2n) is 4.87. The van der Waals surface area contributed by atoms with Gasteiger partial charge in [0.05, 0.1) is 10.7 Å². The van der Waals surface area contributed by atoms with E-state index in [0.29, 0.717) is 6.54 Å². The summed E-state index contributed by atoms with van der Waals surface area (Å²) >= 11 is 1.59. The lowest BCUT2D eigenvalue weighted by Crippen LogP contribution is -2.29. The van der Waals surface area contributed by atoms with Crippen molar-refractivity contribution < 1.29 is 4.79 Å². The summed E-state index contributed by atoms with van der Waals surface area (Å²) in [5, 5.41) is 2.97. The molecule has 110 valence electrons. The minimum Gasteiger partial charge on any atom is -0.335 e. The fourth-order valence-corrected chi connectivity index (χ4v) is 2.64. The van der Waals surface area contributed by atoms with E-state index >= 15 is 0 Å². The first kappa shape index (κ1) is 15.4. The first-order valence-electron chi connectivity index (χ1n) is 7.12. The molecule has 0 aliphatic carbocycles. The molecule has 1 aromatic heterocycles. The quantitative estimate of drug-likeness (QED) is 0.758. The number of amides is 1. The Bertz CT molecular complexity index is 604. The van der Waals surface area contributed by atoms with Gasteiger partial charge < -0.3 is 4.90 Å². The molecule has 0 N–H and O–H groups in total. The molecule has 0 aliphatic rings. The van der Waals surface area contributed by atoms with Crippen LogP contribution in [0.4, 0.5) is 0 Å². The van der Waals surface area contributed by atoms with Gasteiger partial charge in [-0.15, -0.1) is 11.3 Å². The second-order valence-corrected chi connectivity index (χ2v) is 5.93. The molecule has 0 unspecified atom stereocenters. The van der Waals surface area contributed by atoms with Crippen molar-refractivity contribution in [1.82, 2.24) is 9.88 Å². The molecule has 0 saturated carbocycles. The maximum absolute atomic E-state index is 12.3. The van der Waals surface area contributed by atoms with E-state index in [-0.39, 0.29) is 5.91 Å². The number of nitrogens with zero attached hydrogens (tertiary/aromatic N) is 2. The first-order chi connectivity index (χ1) is 10.2. The number of hydrogen-bond donors (Lipinski definition) is 0. The maximum Gasteiger partial charge on any atom is 0.246 e. The van der Waals surface area contributed by atoms with Gasteiger partial charge in [0, 0.05) is 24.5 Å². The summed E-state index contributed by atoms with van der Waals surface area (Å²) in [6.45, 7) is 5.45. The van der Waals surface area contributed by atoms with Crippen molar-refractivity contribution in [1.29, 1.82) is 0 Å². The Morgan fingerprint density at radius 3 is 2.71 bits per heavy atom. The van der Waals surface area contributed by atoms with Gasteiger partial charge in [-0.05, 0) is 25.0 Å². The van der Waals surface area contributed by atoms with Gasteiger partial charge in [-0.1, -0.05) is 37.3 Å². The van der Waals surface area contributed by atoms with Crippen molar-refractivity contribution >= 4 is 23.3 Å². The summed E-state index contributed by atoms with van der Waals surface area (Å²) < 4.78 is 0. The average molecular weight is 300 g/mol. The molecule has 2 aromatic rings. The van der Waals surface area contributed by atoms with E-state index < -0.39 is 0 Å². The monoisotopic (exact) mass is 300 g/mol. The third-order valence-electron chi connectivity index (χ3n) is 3.05. The van der Waals surface area contributed by atoms with E-state index in [1.807, 2.05) is 47.5 Å². The van der Waals surface area contributed by atoms with Crippen molar-refractivity contribution in [2.75, 3.05) is 6.54 Å². The zero-order valence-corrected chi connectivity index (χ0v) is 13.3. The van der Waals surface area contributed by atoms with Gasteiger partial charge in [0.1, 0.15) is 0 Å². The number of aryl methyl sites for hydroxylation is 1. The Morgan fingerprint density at radius 1 is 1.33 bits per heavy atom. The zero-order chi connectivity index (χ0) is 15.1. The Balaban J connectivity index is 2.03. The van der Waals surface area contributed by atoms with Gasteiger partial charge in [-0.2, -0.15) is 0 Å². The number of carbonyl (C=O) groups is 1. The van der Waals surface area contributed by atoms with Crippen LogP contribution in [0.2, 0.25) is 0 Å². The normalized spacial score (nSPS) is 11.0. The van der Waals surface area contributed by atoms with Crippen LogP contribution in [0.15, 0.2) is 41.8 Å². The zero-order valence-electron chi connectivity index (χ0n) is 12.5. The van der Waals surface area contributed by atoms with E-state index in [0.717, 1.165) is 29.2 Å². The molecule has 0 radical (unpaired) electrons. The Morgan fingerprint density at radius 2 is 2.10 bits per heavy atom. The van der Waals surface area contributed by atoms with E-state index in [1.165, 1.54) is 0 Å². The van der Waals surface area contributed by atoms with Gasteiger partial charge in [0.25, 0.3) is 0 Å². The highest BCUT2D eigenvalue weighted by Gasteiger charge is 2.10. The molecule has 0 atom stereocenters. The number of carbonyl (C=O) groups excluding carboxylic acids is 1. The van der Waals surface area contributed by atoms with Crippen LogP contribution in [0.25, 0.3) is 6.08 Å². The summed E-state index contributed by atoms with van der Waals surface area (Å²) in [7, 11) is 0. The fourth-order valence-electron chi connectivity index (χ4n) is 2.06. The number of thiazole rings is 1. The van der Waals surface area contributed by atoms with Crippen LogP contribution in [0, 0.1) is 6.92 Å². The molecule has 0 aliphatic heterocycles. The molecule has 0 bridgehead atoms. The van der Waals surface area contributed by atoms with Gasteiger partial charge >= 0.3 is 0 Å². The highest BCUT2D eigenvalue weighted by atomic mass is 32.1. The van der Waals surface area contributed by atoms with E-state index in [4.69, 9.17) is 0 Å². The van der Waals surface area contributed by atoms with Crippen LogP contribution in [0.1, 0.15) is 29.6 Å². The van der Waals surface area contributed by atoms with Crippen LogP contribution in [0.3, 0.4) is 0 Å². The Labute approximate surface area is 129 Å². The average Bonchev–Trinajstić information content (AvgIpc) is 2.91. The highest BCUT2D eigenvalue weighted by Crippen LogP contribution is 2.11. The minimum atomic E-state index is 0.0337. The number of hydrogen-bond acceptors (Lipinski definition) is 3. The lowest BCUT2D eigenvalue weighted by molar-refractivity contribution is -0.126. The molecule has 0 fully saturated rings. The minimum absolute atomic E-state index is 0.0337. The molecule has 1 aromatic carbocycles. The topological polar surface area (TPSA) is 33.2 Å². The van der Waals surface area contributed by atoms with Gasteiger partial charge in [0.2, 0.25) is 5.91 Å². The van der Waals surface area contributed by atoms with Gasteiger partial charge in [0.15, 0.2) is 0 Å². The predicted molar refractivity (Wildman–Crippen MR) is 88.0 cm³/mol. The summed E-state index contributed by atoms with van der Waals surface area (Å²) in [5.74, 6) is 0.0337. The van der Waals surface area contributed by atoms with Crippen LogP contribution >= 0.6 is 11.3 Å². The first-order valence-corrected chi connectivity index (χ1v) is 8.00. The largest absolute Gasteiger partial charge is 0.335 e. The SMILES string of the molecule is CCCN(Cc1ccccc1)C(=O)/C=C/c1csc(C)n1. The van der Waals surface area contributed by atoms with Crippen LogP contribution in [-0.4, -0.2) is 22.3 Å². The smallest absolute Gasteiger partial charge is 0.246 e. The van der Waals surface area contributed by atoms with E-state index in [9.17, 15) is 4.79 Å². The molecule has 3 nitrogen and oxygen atoms in total. The standard InChI is InChI=1S/C17H20N2OS/c1-3-11-19(12-15-7-5-4-6-8-15)17(20)10-9-16-13-21-14(2)18-16/h4-10,13H,3,11-12H2,1-2H3/b10-9+. The number of rotatable bonds is 6. The van der Waals surface area contributed by atoms with E-state index in [1.54, 1.807) is 23.5 Å². The maximum atomic E-state index is 12.3. The van der Waals surface area contributed by atoms with E-state index in [2.05, 4.69) is 11.9 Å². The summed E-state index contributed by atoms with van der Waals surface area (Å²) in [5.41, 5.74) is 2.00. The number of benzene rings is 1. The van der Waals surface area contributed by atoms with Gasteiger partial charge in [-0.25, -0.2) is 4.98 Å². The predicted octanol–water partition coefficient (Wildman–Crippen LogP) is 3.90. The van der Waals surface area contributed by atoms with Crippen LogP contribution < -0.4 is 0 Å².